The summed E-state index contributed by atoms with van der Waals surface area (Å²) < 4.78 is 5.65. The van der Waals surface area contributed by atoms with Gasteiger partial charge in [-0.25, -0.2) is 4.98 Å². The molecular formula is C16H18ClN5O3. The third kappa shape index (κ3) is 3.80. The van der Waals surface area contributed by atoms with Crippen molar-refractivity contribution < 1.29 is 9.66 Å². The van der Waals surface area contributed by atoms with Gasteiger partial charge in [-0.2, -0.15) is 4.98 Å². The van der Waals surface area contributed by atoms with Crippen LogP contribution in [0, 0.1) is 17.0 Å². The Morgan fingerprint density at radius 1 is 1.24 bits per heavy atom. The minimum Gasteiger partial charge on any atom is -0.432 e. The van der Waals surface area contributed by atoms with E-state index < -0.39 is 4.92 Å². The first kappa shape index (κ1) is 17.4. The van der Waals surface area contributed by atoms with Crippen molar-refractivity contribution in [3.8, 4) is 11.6 Å². The molecule has 132 valence electrons. The van der Waals surface area contributed by atoms with E-state index in [2.05, 4.69) is 14.9 Å². The van der Waals surface area contributed by atoms with Gasteiger partial charge in [-0.3, -0.25) is 10.1 Å². The maximum atomic E-state index is 11.7. The molecule has 9 heteroatoms. The molecule has 0 spiro atoms. The Balaban J connectivity index is 1.96. The van der Waals surface area contributed by atoms with Gasteiger partial charge in [0.2, 0.25) is 5.82 Å². The first-order valence-electron chi connectivity index (χ1n) is 7.82. The predicted octanol–water partition coefficient (Wildman–Crippen LogP) is 2.89. The number of benzene rings is 1. The maximum Gasteiger partial charge on any atom is 0.373 e. The van der Waals surface area contributed by atoms with Gasteiger partial charge in [-0.15, -0.1) is 0 Å². The highest BCUT2D eigenvalue weighted by atomic mass is 35.5. The number of aromatic nitrogens is 2. The minimum atomic E-state index is -0.509. The molecule has 3 rings (SSSR count). The fourth-order valence-electron chi connectivity index (χ4n) is 2.63. The zero-order valence-electron chi connectivity index (χ0n) is 14.0. The maximum absolute atomic E-state index is 11.7. The molecule has 1 aromatic heterocycles. The average molecular weight is 364 g/mol. The Bertz CT molecular complexity index is 793. The van der Waals surface area contributed by atoms with E-state index in [0.29, 0.717) is 23.9 Å². The van der Waals surface area contributed by atoms with Crippen LogP contribution in [0.5, 0.6) is 11.6 Å². The van der Waals surface area contributed by atoms with E-state index >= 15 is 0 Å². The monoisotopic (exact) mass is 363 g/mol. The Hall–Kier alpha value is -2.45. The van der Waals surface area contributed by atoms with E-state index in [1.807, 2.05) is 24.9 Å². The van der Waals surface area contributed by atoms with Crippen molar-refractivity contribution in [2.75, 3.05) is 38.1 Å². The van der Waals surface area contributed by atoms with E-state index in [-0.39, 0.29) is 17.4 Å². The van der Waals surface area contributed by atoms with E-state index in [0.717, 1.165) is 18.7 Å². The number of nitro groups is 1. The zero-order valence-corrected chi connectivity index (χ0v) is 14.7. The third-order valence-electron chi connectivity index (χ3n) is 4.05. The van der Waals surface area contributed by atoms with Crippen molar-refractivity contribution in [3.63, 3.8) is 0 Å². The van der Waals surface area contributed by atoms with Gasteiger partial charge >= 0.3 is 11.6 Å². The molecule has 0 atom stereocenters. The van der Waals surface area contributed by atoms with Crippen molar-refractivity contribution >= 4 is 23.1 Å². The van der Waals surface area contributed by atoms with Gasteiger partial charge in [-0.05, 0) is 31.7 Å². The molecule has 1 aromatic carbocycles. The fraction of sp³-hybridized carbons (Fsp3) is 0.375. The highest BCUT2D eigenvalue weighted by Gasteiger charge is 2.30. The number of rotatable bonds is 4. The van der Waals surface area contributed by atoms with Crippen molar-refractivity contribution in [2.45, 2.75) is 6.92 Å². The van der Waals surface area contributed by atoms with Gasteiger partial charge in [-0.1, -0.05) is 17.7 Å². The smallest absolute Gasteiger partial charge is 0.373 e. The van der Waals surface area contributed by atoms with Crippen molar-refractivity contribution in [3.05, 3.63) is 45.2 Å². The number of piperazine rings is 1. The number of ether oxygens (including phenoxy) is 1. The molecule has 0 saturated carbocycles. The van der Waals surface area contributed by atoms with Gasteiger partial charge in [0.1, 0.15) is 12.1 Å². The van der Waals surface area contributed by atoms with Gasteiger partial charge < -0.3 is 14.5 Å². The molecule has 2 heterocycles. The molecule has 1 aliphatic heterocycles. The van der Waals surface area contributed by atoms with Gasteiger partial charge in [0, 0.05) is 26.2 Å². The molecule has 0 amide bonds. The number of halogens is 1. The molecule has 25 heavy (non-hydrogen) atoms. The molecule has 1 aliphatic rings. The Labute approximate surface area is 150 Å². The van der Waals surface area contributed by atoms with Crippen LogP contribution >= 0.6 is 11.6 Å². The Morgan fingerprint density at radius 2 is 1.96 bits per heavy atom. The van der Waals surface area contributed by atoms with Crippen LogP contribution in [-0.4, -0.2) is 53.0 Å². The molecule has 0 N–H and O–H groups in total. The summed E-state index contributed by atoms with van der Waals surface area (Å²) in [5.74, 6) is 0.476. The largest absolute Gasteiger partial charge is 0.432 e. The molecule has 0 radical (unpaired) electrons. The number of likely N-dealkylation sites (N-methyl/N-ethyl adjacent to an activating group) is 1. The molecule has 0 bridgehead atoms. The summed E-state index contributed by atoms with van der Waals surface area (Å²) in [6, 6.07) is 5.21. The standard InChI is InChI=1S/C16H18ClN5O3/c1-11-3-4-13(12(17)9-11)25-16-14(22(23)24)15(18-10-19-16)21-7-5-20(2)6-8-21/h3-4,9-10H,5-8H2,1-2H3. The highest BCUT2D eigenvalue weighted by Crippen LogP contribution is 2.38. The van der Waals surface area contributed by atoms with Crippen LogP contribution in [-0.2, 0) is 0 Å². The number of anilines is 1. The second-order valence-corrected chi connectivity index (χ2v) is 6.34. The van der Waals surface area contributed by atoms with Gasteiger partial charge in [0.15, 0.2) is 0 Å². The van der Waals surface area contributed by atoms with E-state index in [1.54, 1.807) is 12.1 Å². The van der Waals surface area contributed by atoms with Crippen LogP contribution in [0.2, 0.25) is 5.02 Å². The second kappa shape index (κ2) is 7.20. The summed E-state index contributed by atoms with van der Waals surface area (Å²) in [7, 11) is 2.01. The molecule has 0 aliphatic carbocycles. The van der Waals surface area contributed by atoms with Crippen LogP contribution in [0.3, 0.4) is 0 Å². The molecular weight excluding hydrogens is 346 g/mol. The van der Waals surface area contributed by atoms with Crippen LogP contribution in [0.1, 0.15) is 5.56 Å². The van der Waals surface area contributed by atoms with E-state index in [9.17, 15) is 10.1 Å². The summed E-state index contributed by atoms with van der Waals surface area (Å²) in [5, 5.41) is 12.0. The van der Waals surface area contributed by atoms with Gasteiger partial charge in [0.05, 0.1) is 9.95 Å². The van der Waals surface area contributed by atoms with Crippen molar-refractivity contribution in [2.24, 2.45) is 0 Å². The van der Waals surface area contributed by atoms with Gasteiger partial charge in [0.25, 0.3) is 0 Å². The Kier molecular flexibility index (Phi) is 5.00. The van der Waals surface area contributed by atoms with Crippen LogP contribution in [0.4, 0.5) is 11.5 Å². The number of hydrogen-bond acceptors (Lipinski definition) is 7. The SMILES string of the molecule is Cc1ccc(Oc2ncnc(N3CCN(C)CC3)c2[N+](=O)[O-])c(Cl)c1. The normalized spacial score (nSPS) is 15.2. The second-order valence-electron chi connectivity index (χ2n) is 5.93. The lowest BCUT2D eigenvalue weighted by Gasteiger charge is -2.32. The number of nitrogens with zero attached hydrogens (tertiary/aromatic N) is 5. The Morgan fingerprint density at radius 3 is 2.60 bits per heavy atom. The molecule has 2 aromatic rings. The van der Waals surface area contributed by atoms with Crippen molar-refractivity contribution in [1.29, 1.82) is 0 Å². The predicted molar refractivity (Wildman–Crippen MR) is 94.7 cm³/mol. The van der Waals surface area contributed by atoms with Crippen LogP contribution in [0.15, 0.2) is 24.5 Å². The summed E-state index contributed by atoms with van der Waals surface area (Å²) >= 11 is 6.16. The molecule has 0 unspecified atom stereocenters. The first-order chi connectivity index (χ1) is 12.0. The van der Waals surface area contributed by atoms with Crippen LogP contribution < -0.4 is 9.64 Å². The lowest BCUT2D eigenvalue weighted by atomic mass is 10.2. The highest BCUT2D eigenvalue weighted by molar-refractivity contribution is 6.32. The molecule has 8 nitrogen and oxygen atoms in total. The lowest BCUT2D eigenvalue weighted by Crippen LogP contribution is -2.45. The minimum absolute atomic E-state index is 0.111. The number of hydrogen-bond donors (Lipinski definition) is 0. The number of aryl methyl sites for hydroxylation is 1. The molecule has 1 saturated heterocycles. The summed E-state index contributed by atoms with van der Waals surface area (Å²) in [6.45, 7) is 4.81. The zero-order chi connectivity index (χ0) is 18.0. The summed E-state index contributed by atoms with van der Waals surface area (Å²) in [4.78, 5) is 23.3. The quantitative estimate of drug-likeness (QED) is 0.609. The third-order valence-corrected chi connectivity index (χ3v) is 4.34. The lowest BCUT2D eigenvalue weighted by molar-refractivity contribution is -0.385. The topological polar surface area (TPSA) is 84.6 Å². The fourth-order valence-corrected chi connectivity index (χ4v) is 2.90. The van der Waals surface area contributed by atoms with Crippen LogP contribution in [0.25, 0.3) is 0 Å². The van der Waals surface area contributed by atoms with E-state index in [4.69, 9.17) is 16.3 Å². The molecule has 1 fully saturated rings. The first-order valence-corrected chi connectivity index (χ1v) is 8.20. The summed E-state index contributed by atoms with van der Waals surface area (Å²) in [5.41, 5.74) is 0.719. The average Bonchev–Trinajstić information content (AvgIpc) is 2.57. The summed E-state index contributed by atoms with van der Waals surface area (Å²) in [6.07, 6.45) is 1.28. The van der Waals surface area contributed by atoms with Crippen molar-refractivity contribution in [1.82, 2.24) is 14.9 Å². The van der Waals surface area contributed by atoms with E-state index in [1.165, 1.54) is 6.33 Å².